The van der Waals surface area contributed by atoms with Crippen molar-refractivity contribution in [3.05, 3.63) is 41.5 Å². The first-order valence-corrected chi connectivity index (χ1v) is 15.3. The van der Waals surface area contributed by atoms with Gasteiger partial charge < -0.3 is 10.2 Å². The summed E-state index contributed by atoms with van der Waals surface area (Å²) in [6.07, 6.45) is 16.7. The lowest BCUT2D eigenvalue weighted by Gasteiger charge is -2.42. The molecular weight excluding hydrogens is 470 g/mol. The normalized spacial score (nSPS) is 23.7. The van der Waals surface area contributed by atoms with E-state index in [9.17, 15) is 5.11 Å². The van der Waals surface area contributed by atoms with Crippen molar-refractivity contribution >= 4 is 0 Å². The van der Waals surface area contributed by atoms with Crippen LogP contribution in [0.2, 0.25) is 0 Å². The van der Waals surface area contributed by atoms with Crippen molar-refractivity contribution in [2.75, 3.05) is 13.2 Å². The summed E-state index contributed by atoms with van der Waals surface area (Å²) in [6, 6.07) is 6.89. The Bertz CT molecular complexity index is 1030. The van der Waals surface area contributed by atoms with E-state index in [0.29, 0.717) is 11.8 Å². The van der Waals surface area contributed by atoms with Gasteiger partial charge in [0.25, 0.3) is 0 Å². The number of aliphatic hydroxyl groups is 2. The molecule has 210 valence electrons. The fraction of sp³-hybridized carbons (Fsp3) is 0.727. The molecule has 0 bridgehead atoms. The van der Waals surface area contributed by atoms with Crippen LogP contribution in [0.25, 0.3) is 11.4 Å². The van der Waals surface area contributed by atoms with Crippen LogP contribution in [0.5, 0.6) is 0 Å². The molecule has 1 heterocycles. The largest absolute Gasteiger partial charge is 0.396 e. The van der Waals surface area contributed by atoms with Gasteiger partial charge >= 0.3 is 0 Å². The van der Waals surface area contributed by atoms with Crippen LogP contribution in [0.4, 0.5) is 0 Å². The third kappa shape index (κ3) is 7.21. The number of nitrogens with zero attached hydrogens (tertiary/aromatic N) is 3. The maximum absolute atomic E-state index is 9.64. The Hall–Kier alpha value is -1.85. The van der Waals surface area contributed by atoms with Crippen molar-refractivity contribution in [1.29, 1.82) is 0 Å². The predicted molar refractivity (Wildman–Crippen MR) is 155 cm³/mol. The van der Waals surface area contributed by atoms with Gasteiger partial charge in [0.1, 0.15) is 12.2 Å². The van der Waals surface area contributed by atoms with Crippen LogP contribution in [0.1, 0.15) is 134 Å². The number of aromatic nitrogens is 3. The quantitative estimate of drug-likeness (QED) is 0.338. The maximum Gasteiger partial charge on any atom is 0.163 e. The Morgan fingerprint density at radius 3 is 2.37 bits per heavy atom. The van der Waals surface area contributed by atoms with Gasteiger partial charge in [-0.15, -0.1) is 0 Å². The molecule has 4 rings (SSSR count). The zero-order chi connectivity index (χ0) is 27.2. The lowest BCUT2D eigenvalue weighted by molar-refractivity contribution is 0.188. The Balaban J connectivity index is 1.42. The van der Waals surface area contributed by atoms with E-state index in [1.807, 2.05) is 0 Å². The monoisotopic (exact) mass is 521 g/mol. The Labute approximate surface area is 230 Å². The molecule has 1 aromatic heterocycles. The molecule has 0 radical (unpaired) electrons. The molecule has 2 N–H and O–H groups in total. The first-order chi connectivity index (χ1) is 18.2. The molecule has 38 heavy (non-hydrogen) atoms. The molecule has 1 saturated carbocycles. The van der Waals surface area contributed by atoms with E-state index < -0.39 is 0 Å². The number of rotatable bonds is 10. The average Bonchev–Trinajstić information content (AvgIpc) is 2.90. The second kappa shape index (κ2) is 13.0. The van der Waals surface area contributed by atoms with E-state index in [1.54, 1.807) is 6.33 Å². The number of benzene rings is 1. The van der Waals surface area contributed by atoms with E-state index >= 15 is 0 Å². The van der Waals surface area contributed by atoms with Gasteiger partial charge in [-0.25, -0.2) is 15.0 Å². The van der Waals surface area contributed by atoms with Crippen LogP contribution in [-0.2, 0) is 10.8 Å². The summed E-state index contributed by atoms with van der Waals surface area (Å²) < 4.78 is 0. The van der Waals surface area contributed by atoms with Crippen molar-refractivity contribution in [3.63, 3.8) is 0 Å². The minimum Gasteiger partial charge on any atom is -0.396 e. The zero-order valence-electron chi connectivity index (χ0n) is 24.4. The molecular formula is C33H51N3O2. The minimum absolute atomic E-state index is 0.168. The van der Waals surface area contributed by atoms with Crippen LogP contribution < -0.4 is 0 Å². The maximum atomic E-state index is 9.64. The molecule has 5 heteroatoms. The summed E-state index contributed by atoms with van der Waals surface area (Å²) in [6.45, 7) is 9.94. The van der Waals surface area contributed by atoms with Gasteiger partial charge in [0.2, 0.25) is 0 Å². The second-order valence-electron chi connectivity index (χ2n) is 13.5. The van der Waals surface area contributed by atoms with Gasteiger partial charge in [-0.2, -0.15) is 0 Å². The van der Waals surface area contributed by atoms with Gasteiger partial charge in [-0.1, -0.05) is 71.9 Å². The van der Waals surface area contributed by atoms with Crippen LogP contribution >= 0.6 is 0 Å². The van der Waals surface area contributed by atoms with Gasteiger partial charge in [0.05, 0.1) is 0 Å². The van der Waals surface area contributed by atoms with Crippen molar-refractivity contribution in [2.45, 2.75) is 128 Å². The number of fused-ring (bicyclic) bond motifs is 1. The fourth-order valence-electron chi connectivity index (χ4n) is 6.87. The molecule has 2 aromatic rings. The van der Waals surface area contributed by atoms with Gasteiger partial charge in [0, 0.05) is 24.7 Å². The average molecular weight is 522 g/mol. The molecule has 2 aliphatic carbocycles. The predicted octanol–water partition coefficient (Wildman–Crippen LogP) is 7.49. The van der Waals surface area contributed by atoms with Crippen molar-refractivity contribution in [1.82, 2.24) is 15.0 Å². The van der Waals surface area contributed by atoms with E-state index in [0.717, 1.165) is 55.2 Å². The minimum atomic E-state index is 0.168. The first-order valence-electron chi connectivity index (χ1n) is 15.3. The number of aliphatic hydroxyl groups excluding tert-OH is 2. The summed E-state index contributed by atoms with van der Waals surface area (Å²) in [5.74, 6) is 3.28. The molecule has 0 amide bonds. The smallest absolute Gasteiger partial charge is 0.163 e. The molecule has 2 aliphatic rings. The fourth-order valence-corrected chi connectivity index (χ4v) is 6.87. The van der Waals surface area contributed by atoms with Crippen molar-refractivity contribution in [3.8, 4) is 11.4 Å². The highest BCUT2D eigenvalue weighted by atomic mass is 16.3. The Morgan fingerprint density at radius 1 is 0.868 bits per heavy atom. The van der Waals surface area contributed by atoms with Gasteiger partial charge in [-0.3, -0.25) is 0 Å². The number of hydrogen-bond acceptors (Lipinski definition) is 5. The highest BCUT2D eigenvalue weighted by Gasteiger charge is 2.37. The highest BCUT2D eigenvalue weighted by molar-refractivity contribution is 5.60. The molecule has 3 unspecified atom stereocenters. The molecule has 1 aromatic carbocycles. The number of hydrogen-bond donors (Lipinski definition) is 2. The third-order valence-corrected chi connectivity index (χ3v) is 9.66. The summed E-state index contributed by atoms with van der Waals surface area (Å²) in [7, 11) is 0. The second-order valence-corrected chi connectivity index (χ2v) is 13.5. The molecule has 3 atom stereocenters. The standard InChI is InChI=1S/C33H51N3O2/c1-32(2)18-19-33(3,4)29-21-27(16-17-28(29)32)31-35-23-34-30(36-31)26-13-6-5-9-24(14-15-26)10-7-11-25(22-38)12-8-20-37/h16-17,21,23-26,37-38H,5-15,18-20,22H2,1-4H3. The summed E-state index contributed by atoms with van der Waals surface area (Å²) >= 11 is 0. The van der Waals surface area contributed by atoms with Crippen LogP contribution in [0.3, 0.4) is 0 Å². The summed E-state index contributed by atoms with van der Waals surface area (Å²) in [5.41, 5.74) is 4.41. The van der Waals surface area contributed by atoms with Crippen molar-refractivity contribution in [2.24, 2.45) is 11.8 Å². The molecule has 5 nitrogen and oxygen atoms in total. The zero-order valence-corrected chi connectivity index (χ0v) is 24.4. The van der Waals surface area contributed by atoms with E-state index in [1.165, 1.54) is 62.5 Å². The topological polar surface area (TPSA) is 79.1 Å². The summed E-state index contributed by atoms with van der Waals surface area (Å²) in [4.78, 5) is 14.4. The first kappa shape index (κ1) is 29.1. The molecule has 0 aliphatic heterocycles. The molecule has 0 saturated heterocycles. The Morgan fingerprint density at radius 2 is 1.61 bits per heavy atom. The Kier molecular flexibility index (Phi) is 9.97. The van der Waals surface area contributed by atoms with E-state index in [2.05, 4.69) is 55.9 Å². The van der Waals surface area contributed by atoms with Crippen LogP contribution in [0.15, 0.2) is 24.5 Å². The van der Waals surface area contributed by atoms with Crippen LogP contribution in [-0.4, -0.2) is 38.4 Å². The third-order valence-electron chi connectivity index (χ3n) is 9.66. The lowest BCUT2D eigenvalue weighted by Crippen LogP contribution is -2.33. The lowest BCUT2D eigenvalue weighted by atomic mass is 9.63. The van der Waals surface area contributed by atoms with E-state index in [-0.39, 0.29) is 24.0 Å². The summed E-state index contributed by atoms with van der Waals surface area (Å²) in [5, 5.41) is 18.7. The van der Waals surface area contributed by atoms with E-state index in [4.69, 9.17) is 10.1 Å². The van der Waals surface area contributed by atoms with Crippen molar-refractivity contribution < 1.29 is 10.2 Å². The highest BCUT2D eigenvalue weighted by Crippen LogP contribution is 2.46. The van der Waals surface area contributed by atoms with Crippen LogP contribution in [0, 0.1) is 11.8 Å². The van der Waals surface area contributed by atoms with Gasteiger partial charge in [0.15, 0.2) is 5.82 Å². The molecule has 1 fully saturated rings. The SMILES string of the molecule is CC1(C)CCC(C)(C)c2cc(-c3ncnc(C4CCCCC(CCCC(CO)CCCO)CC4)n3)ccc21. The van der Waals surface area contributed by atoms with Gasteiger partial charge in [-0.05, 0) is 91.2 Å². The molecule has 0 spiro atoms.